The van der Waals surface area contributed by atoms with Gasteiger partial charge in [-0.05, 0) is 6.92 Å². The summed E-state index contributed by atoms with van der Waals surface area (Å²) in [5.41, 5.74) is 0. The van der Waals surface area contributed by atoms with E-state index >= 15 is 0 Å². The smallest absolute Gasteiger partial charge is 0.158 e. The molecule has 1 rings (SSSR count). The molecular weight excluding hydrogens is 270 g/mol. The lowest BCUT2D eigenvalue weighted by molar-refractivity contribution is 0.0365. The first-order valence-corrected chi connectivity index (χ1v) is 6.44. The molecule has 0 fully saturated rings. The summed E-state index contributed by atoms with van der Waals surface area (Å²) >= 11 is 5.94. The Balaban J connectivity index is 2.59. The van der Waals surface area contributed by atoms with E-state index in [2.05, 4.69) is 15.3 Å². The molecule has 1 unspecified atom stereocenters. The Morgan fingerprint density at radius 1 is 1.37 bits per heavy atom. The van der Waals surface area contributed by atoms with Crippen LogP contribution in [0.1, 0.15) is 12.7 Å². The van der Waals surface area contributed by atoms with E-state index in [4.69, 9.17) is 25.8 Å². The van der Waals surface area contributed by atoms with Crippen molar-refractivity contribution in [2.24, 2.45) is 0 Å². The molecule has 0 bridgehead atoms. The molecule has 1 atom stereocenters. The number of rotatable bonds is 9. The van der Waals surface area contributed by atoms with Crippen molar-refractivity contribution in [3.8, 4) is 0 Å². The van der Waals surface area contributed by atoms with Crippen LogP contribution in [0.4, 0.5) is 5.82 Å². The van der Waals surface area contributed by atoms with Gasteiger partial charge in [0.15, 0.2) is 5.82 Å². The van der Waals surface area contributed by atoms with Crippen LogP contribution >= 0.6 is 11.6 Å². The average molecular weight is 290 g/mol. The van der Waals surface area contributed by atoms with E-state index in [0.29, 0.717) is 43.2 Å². The molecular formula is C12H20ClN3O3. The summed E-state index contributed by atoms with van der Waals surface area (Å²) in [5.74, 6) is 1.20. The molecule has 19 heavy (non-hydrogen) atoms. The number of anilines is 1. The van der Waals surface area contributed by atoms with Crippen LogP contribution in [0.15, 0.2) is 6.07 Å². The normalized spacial score (nSPS) is 12.4. The number of methoxy groups -OCH3 is 2. The molecule has 7 heteroatoms. The third kappa shape index (κ3) is 6.15. The van der Waals surface area contributed by atoms with Gasteiger partial charge in [-0.1, -0.05) is 11.6 Å². The van der Waals surface area contributed by atoms with Crippen molar-refractivity contribution in [3.63, 3.8) is 0 Å². The second-order valence-electron chi connectivity index (χ2n) is 3.82. The summed E-state index contributed by atoms with van der Waals surface area (Å²) < 4.78 is 15.5. The molecule has 0 aromatic carbocycles. The number of aromatic nitrogens is 2. The van der Waals surface area contributed by atoms with Gasteiger partial charge in [-0.2, -0.15) is 0 Å². The molecule has 1 aromatic rings. The fourth-order valence-corrected chi connectivity index (χ4v) is 1.63. The largest absolute Gasteiger partial charge is 0.382 e. The van der Waals surface area contributed by atoms with Gasteiger partial charge >= 0.3 is 0 Å². The zero-order chi connectivity index (χ0) is 14.1. The van der Waals surface area contributed by atoms with Crippen LogP contribution in [0.5, 0.6) is 0 Å². The van der Waals surface area contributed by atoms with Gasteiger partial charge in [-0.15, -0.1) is 0 Å². The minimum atomic E-state index is -0.0471. The monoisotopic (exact) mass is 289 g/mol. The minimum absolute atomic E-state index is 0.0471. The van der Waals surface area contributed by atoms with Crippen molar-refractivity contribution in [1.29, 1.82) is 0 Å². The first-order chi connectivity index (χ1) is 9.19. The number of hydrogen-bond acceptors (Lipinski definition) is 6. The topological polar surface area (TPSA) is 65.5 Å². The van der Waals surface area contributed by atoms with E-state index in [1.165, 1.54) is 0 Å². The van der Waals surface area contributed by atoms with Crippen molar-refractivity contribution in [2.45, 2.75) is 19.6 Å². The van der Waals surface area contributed by atoms with Crippen LogP contribution in [0.25, 0.3) is 0 Å². The fourth-order valence-electron chi connectivity index (χ4n) is 1.43. The number of ether oxygens (including phenoxy) is 3. The molecule has 6 nitrogen and oxygen atoms in total. The number of nitrogens with zero attached hydrogens (tertiary/aromatic N) is 2. The highest BCUT2D eigenvalue weighted by Crippen LogP contribution is 2.12. The molecule has 108 valence electrons. The second-order valence-corrected chi connectivity index (χ2v) is 4.21. The summed E-state index contributed by atoms with van der Waals surface area (Å²) in [6, 6.07) is 1.66. The van der Waals surface area contributed by atoms with Crippen LogP contribution in [0.3, 0.4) is 0 Å². The van der Waals surface area contributed by atoms with Gasteiger partial charge in [0.2, 0.25) is 0 Å². The predicted molar refractivity (Wildman–Crippen MR) is 73.5 cm³/mol. The average Bonchev–Trinajstić information content (AvgIpc) is 2.40. The third-order valence-electron chi connectivity index (χ3n) is 2.37. The molecule has 0 aliphatic carbocycles. The lowest BCUT2D eigenvalue weighted by atomic mass is 10.3. The Morgan fingerprint density at radius 2 is 2.16 bits per heavy atom. The maximum absolute atomic E-state index is 5.94. The zero-order valence-electron chi connectivity index (χ0n) is 11.5. The molecule has 1 aromatic heterocycles. The van der Waals surface area contributed by atoms with Crippen LogP contribution in [0, 0.1) is 0 Å². The Hall–Kier alpha value is -0.950. The third-order valence-corrected chi connectivity index (χ3v) is 2.57. The Labute approximate surface area is 118 Å². The van der Waals surface area contributed by atoms with Crippen LogP contribution in [-0.4, -0.2) is 50.1 Å². The molecule has 0 saturated carbocycles. The molecule has 0 radical (unpaired) electrons. The first kappa shape index (κ1) is 16.1. The van der Waals surface area contributed by atoms with Gasteiger partial charge in [-0.25, -0.2) is 9.97 Å². The Kier molecular flexibility index (Phi) is 7.66. The van der Waals surface area contributed by atoms with E-state index < -0.39 is 0 Å². The van der Waals surface area contributed by atoms with E-state index in [9.17, 15) is 0 Å². The SMILES string of the molecule is CCOCc1nc(Cl)cc(NCC(COC)OC)n1. The summed E-state index contributed by atoms with van der Waals surface area (Å²) in [4.78, 5) is 8.40. The summed E-state index contributed by atoms with van der Waals surface area (Å²) in [6.07, 6.45) is -0.0471. The van der Waals surface area contributed by atoms with Crippen molar-refractivity contribution in [2.75, 3.05) is 39.3 Å². The summed E-state index contributed by atoms with van der Waals surface area (Å²) in [6.45, 7) is 3.95. The van der Waals surface area contributed by atoms with Gasteiger partial charge in [0.1, 0.15) is 17.6 Å². The Bertz CT molecular complexity index is 379. The molecule has 0 aliphatic rings. The maximum atomic E-state index is 5.94. The summed E-state index contributed by atoms with van der Waals surface area (Å²) in [7, 11) is 3.27. The lowest BCUT2D eigenvalue weighted by Gasteiger charge is -2.15. The highest BCUT2D eigenvalue weighted by atomic mass is 35.5. The quantitative estimate of drug-likeness (QED) is 0.699. The van der Waals surface area contributed by atoms with Gasteiger partial charge in [-0.3, -0.25) is 0 Å². The van der Waals surface area contributed by atoms with Gasteiger partial charge in [0, 0.05) is 33.4 Å². The summed E-state index contributed by atoms with van der Waals surface area (Å²) in [5, 5.41) is 3.52. The molecule has 1 N–H and O–H groups in total. The van der Waals surface area contributed by atoms with E-state index in [0.717, 1.165) is 0 Å². The van der Waals surface area contributed by atoms with Crippen molar-refractivity contribution < 1.29 is 14.2 Å². The minimum Gasteiger partial charge on any atom is -0.382 e. The highest BCUT2D eigenvalue weighted by molar-refractivity contribution is 6.29. The number of hydrogen-bond donors (Lipinski definition) is 1. The molecule has 0 amide bonds. The maximum Gasteiger partial charge on any atom is 0.158 e. The van der Waals surface area contributed by atoms with Crippen LogP contribution < -0.4 is 5.32 Å². The van der Waals surface area contributed by atoms with Gasteiger partial charge < -0.3 is 19.5 Å². The second kappa shape index (κ2) is 9.03. The van der Waals surface area contributed by atoms with Crippen molar-refractivity contribution in [3.05, 3.63) is 17.0 Å². The zero-order valence-corrected chi connectivity index (χ0v) is 12.2. The molecule has 1 heterocycles. The highest BCUT2D eigenvalue weighted by Gasteiger charge is 2.08. The predicted octanol–water partition coefficient (Wildman–Crippen LogP) is 1.74. The standard InChI is InChI=1S/C12H20ClN3O3/c1-4-19-8-12-15-10(13)5-11(16-12)14-6-9(18-3)7-17-2/h5,9H,4,6-8H2,1-3H3,(H,14,15,16). The lowest BCUT2D eigenvalue weighted by Crippen LogP contribution is -2.27. The van der Waals surface area contributed by atoms with E-state index in [-0.39, 0.29) is 6.10 Å². The number of halogens is 1. The van der Waals surface area contributed by atoms with Gasteiger partial charge in [0.05, 0.1) is 12.7 Å². The van der Waals surface area contributed by atoms with Crippen molar-refractivity contribution >= 4 is 17.4 Å². The molecule has 0 spiro atoms. The molecule has 0 aliphatic heterocycles. The number of nitrogens with one attached hydrogen (secondary N) is 1. The van der Waals surface area contributed by atoms with Crippen LogP contribution in [0.2, 0.25) is 5.15 Å². The first-order valence-electron chi connectivity index (χ1n) is 6.06. The van der Waals surface area contributed by atoms with E-state index in [1.54, 1.807) is 20.3 Å². The van der Waals surface area contributed by atoms with Crippen molar-refractivity contribution in [1.82, 2.24) is 9.97 Å². The molecule has 0 saturated heterocycles. The van der Waals surface area contributed by atoms with Crippen LogP contribution in [-0.2, 0) is 20.8 Å². The van der Waals surface area contributed by atoms with E-state index in [1.807, 2.05) is 6.92 Å². The Morgan fingerprint density at radius 3 is 2.79 bits per heavy atom. The fraction of sp³-hybridized carbons (Fsp3) is 0.667. The van der Waals surface area contributed by atoms with Gasteiger partial charge in [0.25, 0.3) is 0 Å².